The first-order chi connectivity index (χ1) is 8.61. The summed E-state index contributed by atoms with van der Waals surface area (Å²) in [5.41, 5.74) is 0.323. The lowest BCUT2D eigenvalue weighted by molar-refractivity contribution is -0.114. The summed E-state index contributed by atoms with van der Waals surface area (Å²) in [5.74, 6) is -0.392. The number of aromatic nitrogens is 1. The normalized spacial score (nSPS) is 19.0. The summed E-state index contributed by atoms with van der Waals surface area (Å²) in [5, 5.41) is 13.8. The van der Waals surface area contributed by atoms with Gasteiger partial charge in [-0.25, -0.2) is 4.98 Å². The smallest absolute Gasteiger partial charge is 0.273 e. The molecule has 18 heavy (non-hydrogen) atoms. The van der Waals surface area contributed by atoms with Gasteiger partial charge in [-0.05, 0) is 12.8 Å². The van der Waals surface area contributed by atoms with Crippen LogP contribution in [0.1, 0.15) is 30.3 Å². The number of nitrogens with one attached hydrogen (secondary N) is 1. The minimum atomic E-state index is -0.210. The van der Waals surface area contributed by atoms with Gasteiger partial charge in [-0.2, -0.15) is 0 Å². The third kappa shape index (κ3) is 2.68. The van der Waals surface area contributed by atoms with E-state index in [0.717, 1.165) is 12.8 Å². The third-order valence-corrected chi connectivity index (χ3v) is 3.61. The Morgan fingerprint density at radius 2 is 2.44 bits per heavy atom. The number of amides is 2. The molecule has 0 radical (unpaired) electrons. The molecule has 2 heterocycles. The molecule has 1 aromatic rings. The number of nitrogens with zero attached hydrogens (tertiary/aromatic N) is 2. The molecule has 7 heteroatoms. The van der Waals surface area contributed by atoms with E-state index in [2.05, 4.69) is 10.3 Å². The molecular weight excluding hydrogens is 254 g/mol. The summed E-state index contributed by atoms with van der Waals surface area (Å²) in [6.45, 7) is 2.02. The van der Waals surface area contributed by atoms with Crippen LogP contribution in [-0.4, -0.2) is 46.0 Å². The fraction of sp³-hybridized carbons (Fsp3) is 0.545. The molecular formula is C11H15N3O3S. The van der Waals surface area contributed by atoms with Gasteiger partial charge in [-0.1, -0.05) is 0 Å². The van der Waals surface area contributed by atoms with Gasteiger partial charge in [0, 0.05) is 18.8 Å². The Morgan fingerprint density at radius 3 is 3.11 bits per heavy atom. The summed E-state index contributed by atoms with van der Waals surface area (Å²) in [6.07, 6.45) is 1.73. The summed E-state index contributed by atoms with van der Waals surface area (Å²) in [4.78, 5) is 28.8. The second-order valence-corrected chi connectivity index (χ2v) is 5.05. The van der Waals surface area contributed by atoms with Crippen molar-refractivity contribution >= 4 is 28.3 Å². The molecule has 1 saturated heterocycles. The number of hydrogen-bond donors (Lipinski definition) is 2. The third-order valence-electron chi connectivity index (χ3n) is 2.86. The molecule has 0 unspecified atom stereocenters. The van der Waals surface area contributed by atoms with Crippen LogP contribution in [-0.2, 0) is 4.79 Å². The van der Waals surface area contributed by atoms with Crippen LogP contribution in [0.2, 0.25) is 0 Å². The highest BCUT2D eigenvalue weighted by Crippen LogP contribution is 2.22. The fourth-order valence-corrected chi connectivity index (χ4v) is 2.75. The van der Waals surface area contributed by atoms with Gasteiger partial charge < -0.3 is 15.3 Å². The number of carbonyl (C=O) groups excluding carboxylic acids is 2. The zero-order chi connectivity index (χ0) is 13.1. The average Bonchev–Trinajstić information content (AvgIpc) is 2.95. The van der Waals surface area contributed by atoms with E-state index < -0.39 is 0 Å². The predicted molar refractivity (Wildman–Crippen MR) is 67.6 cm³/mol. The van der Waals surface area contributed by atoms with Crippen molar-refractivity contribution in [2.45, 2.75) is 25.8 Å². The quantitative estimate of drug-likeness (QED) is 0.846. The van der Waals surface area contributed by atoms with Crippen molar-refractivity contribution < 1.29 is 14.7 Å². The SMILES string of the molecule is CC(=O)Nc1nc(C(=O)N2CCC[C@@H]2CO)cs1. The van der Waals surface area contributed by atoms with Crippen molar-refractivity contribution in [3.63, 3.8) is 0 Å². The van der Waals surface area contributed by atoms with E-state index in [0.29, 0.717) is 17.4 Å². The summed E-state index contributed by atoms with van der Waals surface area (Å²) < 4.78 is 0. The van der Waals surface area contributed by atoms with Gasteiger partial charge in [0.25, 0.3) is 5.91 Å². The van der Waals surface area contributed by atoms with Crippen LogP contribution < -0.4 is 5.32 Å². The molecule has 1 atom stereocenters. The number of carbonyl (C=O) groups is 2. The number of likely N-dealkylation sites (tertiary alicyclic amines) is 1. The second kappa shape index (κ2) is 5.45. The Hall–Kier alpha value is -1.47. The van der Waals surface area contributed by atoms with E-state index >= 15 is 0 Å². The fourth-order valence-electron chi connectivity index (χ4n) is 2.02. The average molecular weight is 269 g/mol. The molecule has 0 aliphatic carbocycles. The van der Waals surface area contributed by atoms with Gasteiger partial charge in [0.15, 0.2) is 5.13 Å². The first kappa shape index (κ1) is 13.0. The van der Waals surface area contributed by atoms with E-state index in [1.165, 1.54) is 18.3 Å². The first-order valence-corrected chi connectivity index (χ1v) is 6.64. The highest BCUT2D eigenvalue weighted by atomic mass is 32.1. The molecule has 1 aliphatic heterocycles. The van der Waals surface area contributed by atoms with Gasteiger partial charge in [0.1, 0.15) is 5.69 Å². The van der Waals surface area contributed by atoms with Gasteiger partial charge in [-0.15, -0.1) is 11.3 Å². The van der Waals surface area contributed by atoms with Gasteiger partial charge in [0.2, 0.25) is 5.91 Å². The Balaban J connectivity index is 2.09. The monoisotopic (exact) mass is 269 g/mol. The molecule has 1 aromatic heterocycles. The van der Waals surface area contributed by atoms with E-state index in [1.807, 2.05) is 0 Å². The minimum absolute atomic E-state index is 0.0194. The van der Waals surface area contributed by atoms with Gasteiger partial charge in [0.05, 0.1) is 12.6 Å². The van der Waals surface area contributed by atoms with Crippen LogP contribution in [0.4, 0.5) is 5.13 Å². The Morgan fingerprint density at radius 1 is 1.67 bits per heavy atom. The van der Waals surface area contributed by atoms with Crippen molar-refractivity contribution in [3.8, 4) is 0 Å². The molecule has 0 spiro atoms. The van der Waals surface area contributed by atoms with E-state index in [-0.39, 0.29) is 24.5 Å². The number of rotatable bonds is 3. The molecule has 98 valence electrons. The maximum atomic E-state index is 12.2. The van der Waals surface area contributed by atoms with Crippen LogP contribution >= 0.6 is 11.3 Å². The molecule has 2 N–H and O–H groups in total. The molecule has 0 aromatic carbocycles. The van der Waals surface area contributed by atoms with Crippen molar-refractivity contribution in [1.82, 2.24) is 9.88 Å². The van der Waals surface area contributed by atoms with E-state index in [4.69, 9.17) is 0 Å². The summed E-state index contributed by atoms with van der Waals surface area (Å²) in [6, 6.07) is -0.108. The Kier molecular flexibility index (Phi) is 3.93. The van der Waals surface area contributed by atoms with Crippen LogP contribution in [0.15, 0.2) is 5.38 Å². The van der Waals surface area contributed by atoms with Crippen LogP contribution in [0, 0.1) is 0 Å². The highest BCUT2D eigenvalue weighted by Gasteiger charge is 2.30. The topological polar surface area (TPSA) is 82.5 Å². The maximum Gasteiger partial charge on any atom is 0.273 e. The molecule has 1 aliphatic rings. The number of thiazole rings is 1. The number of aliphatic hydroxyl groups excluding tert-OH is 1. The number of aliphatic hydroxyl groups is 1. The molecule has 2 rings (SSSR count). The largest absolute Gasteiger partial charge is 0.394 e. The summed E-state index contributed by atoms with van der Waals surface area (Å²) >= 11 is 1.22. The molecule has 1 fully saturated rings. The lowest BCUT2D eigenvalue weighted by atomic mass is 10.2. The molecule has 2 amide bonds. The summed E-state index contributed by atoms with van der Waals surface area (Å²) in [7, 11) is 0. The Bertz CT molecular complexity index is 460. The van der Waals surface area contributed by atoms with Crippen molar-refractivity contribution in [3.05, 3.63) is 11.1 Å². The van der Waals surface area contributed by atoms with E-state index in [1.54, 1.807) is 10.3 Å². The molecule has 0 saturated carbocycles. The minimum Gasteiger partial charge on any atom is -0.394 e. The van der Waals surface area contributed by atoms with Crippen molar-refractivity contribution in [1.29, 1.82) is 0 Å². The zero-order valence-electron chi connectivity index (χ0n) is 10.0. The first-order valence-electron chi connectivity index (χ1n) is 5.76. The van der Waals surface area contributed by atoms with Gasteiger partial charge in [-0.3, -0.25) is 9.59 Å². The second-order valence-electron chi connectivity index (χ2n) is 4.20. The van der Waals surface area contributed by atoms with Gasteiger partial charge >= 0.3 is 0 Å². The lowest BCUT2D eigenvalue weighted by Gasteiger charge is -2.21. The van der Waals surface area contributed by atoms with E-state index in [9.17, 15) is 14.7 Å². The van der Waals surface area contributed by atoms with Crippen LogP contribution in [0.5, 0.6) is 0 Å². The Labute approximate surface area is 109 Å². The standard InChI is InChI=1S/C11H15N3O3S/c1-7(16)12-11-13-9(6-18-11)10(17)14-4-2-3-8(14)5-15/h6,8,15H,2-5H2,1H3,(H,12,13,16)/t8-/m1/s1. The zero-order valence-corrected chi connectivity index (χ0v) is 10.9. The van der Waals surface area contributed by atoms with Crippen LogP contribution in [0.25, 0.3) is 0 Å². The van der Waals surface area contributed by atoms with Crippen molar-refractivity contribution in [2.75, 3.05) is 18.5 Å². The van der Waals surface area contributed by atoms with Crippen LogP contribution in [0.3, 0.4) is 0 Å². The highest BCUT2D eigenvalue weighted by molar-refractivity contribution is 7.14. The molecule has 6 nitrogen and oxygen atoms in total. The predicted octanol–water partition coefficient (Wildman–Crippen LogP) is 0.698. The number of anilines is 1. The van der Waals surface area contributed by atoms with Crippen molar-refractivity contribution in [2.24, 2.45) is 0 Å². The lowest BCUT2D eigenvalue weighted by Crippen LogP contribution is -2.37. The maximum absolute atomic E-state index is 12.2. The number of hydrogen-bond acceptors (Lipinski definition) is 5. The molecule has 0 bridgehead atoms.